The van der Waals surface area contributed by atoms with E-state index in [9.17, 15) is 9.59 Å². The minimum atomic E-state index is -0.215. The first-order chi connectivity index (χ1) is 11.2. The zero-order chi connectivity index (χ0) is 16.5. The van der Waals surface area contributed by atoms with Gasteiger partial charge in [0.1, 0.15) is 0 Å². The number of nitrogens with zero attached hydrogens (tertiary/aromatic N) is 3. The Morgan fingerprint density at radius 1 is 1.17 bits per heavy atom. The quantitative estimate of drug-likeness (QED) is 0.783. The number of hydrogen-bond donors (Lipinski definition) is 2. The van der Waals surface area contributed by atoms with Crippen molar-refractivity contribution < 1.29 is 9.59 Å². The molecule has 0 bridgehead atoms. The Bertz CT molecular complexity index is 529. The number of piperidine rings is 1. The monoisotopic (exact) mass is 319 g/mol. The third-order valence-corrected chi connectivity index (χ3v) is 3.73. The minimum absolute atomic E-state index is 0.00288. The molecule has 2 amide bonds. The first-order valence-electron chi connectivity index (χ1n) is 8.29. The summed E-state index contributed by atoms with van der Waals surface area (Å²) in [5, 5.41) is 5.35. The van der Waals surface area contributed by atoms with Crippen molar-refractivity contribution in [3.8, 4) is 0 Å². The van der Waals surface area contributed by atoms with Gasteiger partial charge in [0.05, 0.1) is 18.8 Å². The Hall–Kier alpha value is -2.18. The third-order valence-electron chi connectivity index (χ3n) is 3.73. The molecule has 1 aliphatic heterocycles. The second-order valence-corrected chi connectivity index (χ2v) is 5.70. The summed E-state index contributed by atoms with van der Waals surface area (Å²) < 4.78 is 0. The molecule has 1 aromatic rings. The summed E-state index contributed by atoms with van der Waals surface area (Å²) >= 11 is 0. The Labute approximate surface area is 136 Å². The number of hydrogen-bond acceptors (Lipinski definition) is 5. The van der Waals surface area contributed by atoms with E-state index >= 15 is 0 Å². The number of rotatable bonds is 7. The van der Waals surface area contributed by atoms with Crippen molar-refractivity contribution in [1.29, 1.82) is 0 Å². The van der Waals surface area contributed by atoms with Crippen molar-refractivity contribution in [2.45, 2.75) is 45.6 Å². The molecule has 1 fully saturated rings. The van der Waals surface area contributed by atoms with Gasteiger partial charge in [-0.3, -0.25) is 9.59 Å². The summed E-state index contributed by atoms with van der Waals surface area (Å²) in [6, 6.07) is 1.80. The van der Waals surface area contributed by atoms with Crippen molar-refractivity contribution in [2.24, 2.45) is 0 Å². The lowest BCUT2D eigenvalue weighted by Gasteiger charge is -2.26. The lowest BCUT2D eigenvalue weighted by molar-refractivity contribution is -0.126. The maximum atomic E-state index is 11.7. The van der Waals surface area contributed by atoms with Gasteiger partial charge in [-0.25, -0.2) is 9.97 Å². The van der Waals surface area contributed by atoms with Gasteiger partial charge in [-0.1, -0.05) is 6.92 Å². The van der Waals surface area contributed by atoms with Crippen molar-refractivity contribution in [3.05, 3.63) is 18.0 Å². The lowest BCUT2D eigenvalue weighted by atomic mass is 10.1. The Morgan fingerprint density at radius 2 is 1.96 bits per heavy atom. The molecule has 0 atom stereocenters. The third kappa shape index (κ3) is 5.84. The van der Waals surface area contributed by atoms with Gasteiger partial charge in [0.2, 0.25) is 17.8 Å². The summed E-state index contributed by atoms with van der Waals surface area (Å²) in [6.45, 7) is 4.24. The second-order valence-electron chi connectivity index (χ2n) is 5.70. The van der Waals surface area contributed by atoms with Crippen LogP contribution < -0.4 is 15.5 Å². The van der Waals surface area contributed by atoms with E-state index in [1.54, 1.807) is 12.3 Å². The van der Waals surface area contributed by atoms with Crippen LogP contribution >= 0.6 is 0 Å². The summed E-state index contributed by atoms with van der Waals surface area (Å²) in [5.74, 6) is 0.414. The highest BCUT2D eigenvalue weighted by atomic mass is 16.2. The molecule has 0 aromatic carbocycles. The highest BCUT2D eigenvalue weighted by Crippen LogP contribution is 2.15. The molecule has 2 heterocycles. The van der Waals surface area contributed by atoms with E-state index in [2.05, 4.69) is 25.5 Å². The van der Waals surface area contributed by atoms with Crippen LogP contribution in [0.3, 0.4) is 0 Å². The second kappa shape index (κ2) is 9.07. The predicted octanol–water partition coefficient (Wildman–Crippen LogP) is 0.999. The summed E-state index contributed by atoms with van der Waals surface area (Å²) in [4.78, 5) is 34.1. The zero-order valence-corrected chi connectivity index (χ0v) is 13.7. The Balaban J connectivity index is 1.78. The van der Waals surface area contributed by atoms with E-state index in [4.69, 9.17) is 0 Å². The van der Waals surface area contributed by atoms with Crippen LogP contribution in [0.5, 0.6) is 0 Å². The van der Waals surface area contributed by atoms with E-state index in [0.29, 0.717) is 13.0 Å². The number of aromatic nitrogens is 2. The van der Waals surface area contributed by atoms with Crippen molar-refractivity contribution in [2.75, 3.05) is 24.5 Å². The van der Waals surface area contributed by atoms with E-state index < -0.39 is 0 Å². The van der Waals surface area contributed by atoms with Crippen LogP contribution in [-0.4, -0.2) is 41.4 Å². The molecule has 1 aromatic heterocycles. The normalized spacial score (nSPS) is 14.4. The fourth-order valence-electron chi connectivity index (χ4n) is 2.48. The molecule has 7 heteroatoms. The fourth-order valence-corrected chi connectivity index (χ4v) is 2.48. The molecule has 126 valence electrons. The molecule has 0 spiro atoms. The molecule has 0 radical (unpaired) electrons. The molecule has 0 saturated carbocycles. The average Bonchev–Trinajstić information content (AvgIpc) is 2.59. The topological polar surface area (TPSA) is 87.2 Å². The molecule has 2 N–H and O–H groups in total. The molecule has 1 aliphatic rings. The maximum Gasteiger partial charge on any atom is 0.239 e. The van der Waals surface area contributed by atoms with Crippen molar-refractivity contribution >= 4 is 17.8 Å². The number of carbonyl (C=O) groups excluding carboxylic acids is 2. The molecule has 2 rings (SSSR count). The Kier molecular flexibility index (Phi) is 6.77. The van der Waals surface area contributed by atoms with Crippen LogP contribution in [-0.2, 0) is 16.1 Å². The van der Waals surface area contributed by atoms with E-state index in [0.717, 1.165) is 31.2 Å². The molecular weight excluding hydrogens is 294 g/mol. The number of anilines is 1. The van der Waals surface area contributed by atoms with Crippen LogP contribution in [0.2, 0.25) is 0 Å². The number of carbonyl (C=O) groups is 2. The van der Waals surface area contributed by atoms with Crippen LogP contribution in [0.1, 0.15) is 44.7 Å². The van der Waals surface area contributed by atoms with Gasteiger partial charge in [0, 0.05) is 25.7 Å². The van der Waals surface area contributed by atoms with E-state index in [1.807, 2.05) is 6.92 Å². The molecule has 0 unspecified atom stereocenters. The van der Waals surface area contributed by atoms with Crippen LogP contribution in [0, 0.1) is 0 Å². The molecule has 1 saturated heterocycles. The summed E-state index contributed by atoms with van der Waals surface area (Å²) in [6.07, 6.45) is 6.53. The standard InChI is InChI=1S/C16H25N5O2/c1-2-6-14(22)19-12-15(23)18-11-13-7-8-17-16(20-13)21-9-4-3-5-10-21/h7-8H,2-6,9-12H2,1H3,(H,18,23)(H,19,22). The Morgan fingerprint density at radius 3 is 2.70 bits per heavy atom. The summed E-state index contributed by atoms with van der Waals surface area (Å²) in [7, 11) is 0. The van der Waals surface area contributed by atoms with Crippen LogP contribution in [0.15, 0.2) is 12.3 Å². The average molecular weight is 319 g/mol. The van der Waals surface area contributed by atoms with E-state index in [-0.39, 0.29) is 18.4 Å². The molecule has 0 aliphatic carbocycles. The maximum absolute atomic E-state index is 11.7. The fraction of sp³-hybridized carbons (Fsp3) is 0.625. The molecule has 23 heavy (non-hydrogen) atoms. The van der Waals surface area contributed by atoms with Crippen molar-refractivity contribution in [3.63, 3.8) is 0 Å². The predicted molar refractivity (Wildman–Crippen MR) is 87.9 cm³/mol. The summed E-state index contributed by atoms with van der Waals surface area (Å²) in [5.41, 5.74) is 0.772. The van der Waals surface area contributed by atoms with Gasteiger partial charge in [0.15, 0.2) is 0 Å². The minimum Gasteiger partial charge on any atom is -0.349 e. The van der Waals surface area contributed by atoms with Gasteiger partial charge in [-0.15, -0.1) is 0 Å². The first kappa shape index (κ1) is 17.2. The zero-order valence-electron chi connectivity index (χ0n) is 13.7. The highest BCUT2D eigenvalue weighted by Gasteiger charge is 2.13. The SMILES string of the molecule is CCCC(=O)NCC(=O)NCc1ccnc(N2CCCCC2)n1. The van der Waals surface area contributed by atoms with Gasteiger partial charge in [0.25, 0.3) is 0 Å². The molecular formula is C16H25N5O2. The van der Waals surface area contributed by atoms with Crippen molar-refractivity contribution in [1.82, 2.24) is 20.6 Å². The highest BCUT2D eigenvalue weighted by molar-refractivity contribution is 5.84. The van der Waals surface area contributed by atoms with Gasteiger partial charge in [-0.05, 0) is 31.7 Å². The first-order valence-corrected chi connectivity index (χ1v) is 8.29. The number of amides is 2. The van der Waals surface area contributed by atoms with Gasteiger partial charge in [-0.2, -0.15) is 0 Å². The largest absolute Gasteiger partial charge is 0.349 e. The van der Waals surface area contributed by atoms with Crippen LogP contribution in [0.4, 0.5) is 5.95 Å². The number of nitrogens with one attached hydrogen (secondary N) is 2. The van der Waals surface area contributed by atoms with Gasteiger partial charge < -0.3 is 15.5 Å². The van der Waals surface area contributed by atoms with Gasteiger partial charge >= 0.3 is 0 Å². The molecule has 7 nitrogen and oxygen atoms in total. The van der Waals surface area contributed by atoms with Crippen LogP contribution in [0.25, 0.3) is 0 Å². The lowest BCUT2D eigenvalue weighted by Crippen LogP contribution is -2.36. The smallest absolute Gasteiger partial charge is 0.239 e. The van der Waals surface area contributed by atoms with E-state index in [1.165, 1.54) is 19.3 Å².